The minimum absolute atomic E-state index is 0.00386. The highest BCUT2D eigenvalue weighted by atomic mass is 32.2. The number of hydrogen-bond donors (Lipinski definition) is 1. The van der Waals surface area contributed by atoms with Crippen molar-refractivity contribution in [1.82, 2.24) is 15.1 Å². The number of sulfone groups is 1. The number of amides is 1. The number of nitrogens with one attached hydrogen (secondary N) is 1. The van der Waals surface area contributed by atoms with E-state index in [1.54, 1.807) is 24.9 Å². The summed E-state index contributed by atoms with van der Waals surface area (Å²) in [6.45, 7) is 1.95. The zero-order valence-electron chi connectivity index (χ0n) is 14.4. The fourth-order valence-corrected chi connectivity index (χ4v) is 4.73. The van der Waals surface area contributed by atoms with Crippen LogP contribution in [0.4, 0.5) is 0 Å². The van der Waals surface area contributed by atoms with Crippen molar-refractivity contribution in [2.45, 2.75) is 19.4 Å². The van der Waals surface area contributed by atoms with E-state index in [9.17, 15) is 13.2 Å². The van der Waals surface area contributed by atoms with Gasteiger partial charge in [-0.05, 0) is 43.2 Å². The summed E-state index contributed by atoms with van der Waals surface area (Å²) in [6, 6.07) is 7.13. The van der Waals surface area contributed by atoms with Gasteiger partial charge in [0.1, 0.15) is 5.75 Å². The highest BCUT2D eigenvalue weighted by Gasteiger charge is 2.29. The summed E-state index contributed by atoms with van der Waals surface area (Å²) in [4.78, 5) is 12.4. The fraction of sp³-hybridized carbons (Fsp3) is 0.412. The molecule has 1 N–H and O–H groups in total. The lowest BCUT2D eigenvalue weighted by atomic mass is 10.1. The molecule has 1 aromatic heterocycles. The summed E-state index contributed by atoms with van der Waals surface area (Å²) in [5.41, 5.74) is 2.99. The maximum absolute atomic E-state index is 12.4. The topological polar surface area (TPSA) is 90.3 Å². The van der Waals surface area contributed by atoms with Crippen LogP contribution in [-0.2, 0) is 16.9 Å². The van der Waals surface area contributed by atoms with Crippen LogP contribution in [0.25, 0.3) is 11.3 Å². The van der Waals surface area contributed by atoms with E-state index in [2.05, 4.69) is 10.4 Å². The van der Waals surface area contributed by atoms with Gasteiger partial charge in [0.2, 0.25) is 0 Å². The maximum atomic E-state index is 12.4. The van der Waals surface area contributed by atoms with E-state index in [4.69, 9.17) is 4.74 Å². The van der Waals surface area contributed by atoms with Gasteiger partial charge in [-0.1, -0.05) is 0 Å². The molecule has 7 nitrogen and oxygen atoms in total. The van der Waals surface area contributed by atoms with E-state index in [0.717, 1.165) is 22.6 Å². The zero-order chi connectivity index (χ0) is 18.2. The lowest BCUT2D eigenvalue weighted by Gasteiger charge is -2.08. The van der Waals surface area contributed by atoms with Crippen LogP contribution in [0.3, 0.4) is 0 Å². The van der Waals surface area contributed by atoms with Gasteiger partial charge in [-0.15, -0.1) is 0 Å². The van der Waals surface area contributed by atoms with Gasteiger partial charge in [0.05, 0.1) is 24.3 Å². The minimum atomic E-state index is -3.03. The van der Waals surface area contributed by atoms with Crippen LogP contribution in [-0.4, -0.2) is 48.8 Å². The molecule has 1 amide bonds. The molecule has 0 spiro atoms. The molecule has 1 unspecified atom stereocenters. The molecule has 3 rings (SSSR count). The van der Waals surface area contributed by atoms with Crippen molar-refractivity contribution < 1.29 is 17.9 Å². The van der Waals surface area contributed by atoms with Gasteiger partial charge >= 0.3 is 0 Å². The second kappa shape index (κ2) is 6.51. The molecule has 0 bridgehead atoms. The zero-order valence-corrected chi connectivity index (χ0v) is 15.3. The Kier molecular flexibility index (Phi) is 4.55. The highest BCUT2D eigenvalue weighted by Crippen LogP contribution is 2.26. The Morgan fingerprint density at radius 1 is 1.36 bits per heavy atom. The third-order valence-electron chi connectivity index (χ3n) is 4.37. The van der Waals surface area contributed by atoms with Crippen LogP contribution < -0.4 is 10.1 Å². The molecular weight excluding hydrogens is 342 g/mol. The first-order valence-corrected chi connectivity index (χ1v) is 9.81. The van der Waals surface area contributed by atoms with Crippen molar-refractivity contribution in [2.24, 2.45) is 7.05 Å². The number of nitrogens with zero attached hydrogens (tertiary/aromatic N) is 2. The lowest BCUT2D eigenvalue weighted by Crippen LogP contribution is -2.35. The van der Waals surface area contributed by atoms with Crippen molar-refractivity contribution in [3.63, 3.8) is 0 Å². The monoisotopic (exact) mass is 363 g/mol. The molecule has 1 atom stereocenters. The highest BCUT2D eigenvalue weighted by molar-refractivity contribution is 7.91. The third-order valence-corrected chi connectivity index (χ3v) is 6.14. The van der Waals surface area contributed by atoms with Gasteiger partial charge < -0.3 is 10.1 Å². The van der Waals surface area contributed by atoms with Gasteiger partial charge in [-0.3, -0.25) is 9.48 Å². The second-order valence-electron chi connectivity index (χ2n) is 6.30. The van der Waals surface area contributed by atoms with Crippen LogP contribution in [0.1, 0.15) is 22.5 Å². The Balaban J connectivity index is 1.80. The SMILES string of the molecule is COc1ccc(-c2cc(C(=O)NC3CCS(=O)(=O)C3)nn2C)cc1C. The van der Waals surface area contributed by atoms with Crippen molar-refractivity contribution in [2.75, 3.05) is 18.6 Å². The summed E-state index contributed by atoms with van der Waals surface area (Å²) in [5.74, 6) is 0.563. The number of ether oxygens (including phenoxy) is 1. The van der Waals surface area contributed by atoms with E-state index >= 15 is 0 Å². The predicted molar refractivity (Wildman–Crippen MR) is 94.5 cm³/mol. The van der Waals surface area contributed by atoms with Crippen molar-refractivity contribution in [1.29, 1.82) is 0 Å². The molecule has 1 aliphatic rings. The molecule has 0 aliphatic carbocycles. The van der Waals surface area contributed by atoms with E-state index in [0.29, 0.717) is 6.42 Å². The summed E-state index contributed by atoms with van der Waals surface area (Å²) in [5, 5.41) is 7.02. The Bertz CT molecular complexity index is 918. The number of rotatable bonds is 4. The molecular formula is C17H21N3O4S. The summed E-state index contributed by atoms with van der Waals surface area (Å²) in [6.07, 6.45) is 0.450. The number of aromatic nitrogens is 2. The first-order valence-electron chi connectivity index (χ1n) is 7.99. The third kappa shape index (κ3) is 3.68. The molecule has 1 saturated heterocycles. The van der Waals surface area contributed by atoms with Crippen LogP contribution in [0.2, 0.25) is 0 Å². The smallest absolute Gasteiger partial charge is 0.272 e. The molecule has 2 aromatic rings. The molecule has 2 heterocycles. The van der Waals surface area contributed by atoms with E-state index < -0.39 is 9.84 Å². The fourth-order valence-electron chi connectivity index (χ4n) is 3.05. The molecule has 25 heavy (non-hydrogen) atoms. The molecule has 0 radical (unpaired) electrons. The first kappa shape index (κ1) is 17.5. The van der Waals surface area contributed by atoms with E-state index in [1.807, 2.05) is 25.1 Å². The van der Waals surface area contributed by atoms with E-state index in [-0.39, 0.29) is 29.1 Å². The molecule has 0 saturated carbocycles. The molecule has 1 fully saturated rings. The molecule has 8 heteroatoms. The van der Waals surface area contributed by atoms with Crippen LogP contribution in [0.5, 0.6) is 5.75 Å². The first-order chi connectivity index (χ1) is 11.8. The number of hydrogen-bond acceptors (Lipinski definition) is 5. The summed E-state index contributed by atoms with van der Waals surface area (Å²) in [7, 11) is 0.359. The Hall–Kier alpha value is -2.35. The lowest BCUT2D eigenvalue weighted by molar-refractivity contribution is 0.0935. The predicted octanol–water partition coefficient (Wildman–Crippen LogP) is 1.32. The van der Waals surface area contributed by atoms with E-state index in [1.165, 1.54) is 0 Å². The molecule has 134 valence electrons. The van der Waals surface area contributed by atoms with Crippen molar-refractivity contribution >= 4 is 15.7 Å². The Morgan fingerprint density at radius 3 is 2.72 bits per heavy atom. The minimum Gasteiger partial charge on any atom is -0.496 e. The Labute approximate surface area is 146 Å². The van der Waals surface area contributed by atoms with Crippen LogP contribution in [0, 0.1) is 6.92 Å². The van der Waals surface area contributed by atoms with Gasteiger partial charge in [-0.2, -0.15) is 5.10 Å². The quantitative estimate of drug-likeness (QED) is 0.885. The average molecular weight is 363 g/mol. The number of carbonyl (C=O) groups is 1. The van der Waals surface area contributed by atoms with Gasteiger partial charge in [0.25, 0.3) is 5.91 Å². The number of aryl methyl sites for hydroxylation is 2. The average Bonchev–Trinajstić information content (AvgIpc) is 3.09. The largest absolute Gasteiger partial charge is 0.496 e. The normalized spacial score (nSPS) is 18.9. The van der Waals surface area contributed by atoms with Crippen molar-refractivity contribution in [3.8, 4) is 17.0 Å². The summed E-state index contributed by atoms with van der Waals surface area (Å²) >= 11 is 0. The van der Waals surface area contributed by atoms with Crippen molar-refractivity contribution in [3.05, 3.63) is 35.5 Å². The van der Waals surface area contributed by atoms with Gasteiger partial charge in [-0.25, -0.2) is 8.42 Å². The summed E-state index contributed by atoms with van der Waals surface area (Å²) < 4.78 is 29.9. The Morgan fingerprint density at radius 2 is 2.12 bits per heavy atom. The number of benzene rings is 1. The standard InChI is InChI=1S/C17H21N3O4S/c1-11-8-12(4-5-16(11)24-3)15-9-14(19-20(15)2)17(21)18-13-6-7-25(22,23)10-13/h4-5,8-9,13H,6-7,10H2,1-3H3,(H,18,21). The van der Waals surface area contributed by atoms with Gasteiger partial charge in [0.15, 0.2) is 15.5 Å². The number of methoxy groups -OCH3 is 1. The maximum Gasteiger partial charge on any atom is 0.272 e. The number of carbonyl (C=O) groups excluding carboxylic acids is 1. The van der Waals surface area contributed by atoms with Crippen LogP contribution in [0.15, 0.2) is 24.3 Å². The second-order valence-corrected chi connectivity index (χ2v) is 8.52. The van der Waals surface area contributed by atoms with Gasteiger partial charge in [0, 0.05) is 18.7 Å². The van der Waals surface area contributed by atoms with Crippen LogP contribution >= 0.6 is 0 Å². The molecule has 1 aromatic carbocycles. The molecule has 1 aliphatic heterocycles.